The normalized spacial score (nSPS) is 11.8. The van der Waals surface area contributed by atoms with E-state index in [0.717, 1.165) is 16.7 Å². The summed E-state index contributed by atoms with van der Waals surface area (Å²) in [5.41, 5.74) is 4.13. The summed E-state index contributed by atoms with van der Waals surface area (Å²) >= 11 is 0. The molecular weight excluding hydrogens is 330 g/mol. The summed E-state index contributed by atoms with van der Waals surface area (Å²) in [4.78, 5) is 16.6. The Morgan fingerprint density at radius 1 is 1.08 bits per heavy atom. The number of benzene rings is 2. The summed E-state index contributed by atoms with van der Waals surface area (Å²) < 4.78 is 10.9. The van der Waals surface area contributed by atoms with Gasteiger partial charge in [0.05, 0.1) is 0 Å². The summed E-state index contributed by atoms with van der Waals surface area (Å²) in [5, 5.41) is 6.43. The quantitative estimate of drug-likeness (QED) is 0.750. The average molecular weight is 351 g/mol. The lowest BCUT2D eigenvalue weighted by atomic mass is 10.1. The molecule has 1 N–H and O–H groups in total. The molecule has 1 aromatic heterocycles. The average Bonchev–Trinajstić information content (AvgIpc) is 3.06. The van der Waals surface area contributed by atoms with Crippen LogP contribution in [0.15, 0.2) is 47.0 Å². The van der Waals surface area contributed by atoms with Crippen molar-refractivity contribution in [1.29, 1.82) is 0 Å². The Labute approximate surface area is 152 Å². The summed E-state index contributed by atoms with van der Waals surface area (Å²) in [5.74, 6) is 0.773. The number of ether oxygens (including phenoxy) is 1. The molecule has 3 rings (SSSR count). The van der Waals surface area contributed by atoms with Crippen LogP contribution >= 0.6 is 0 Å². The van der Waals surface area contributed by atoms with Crippen molar-refractivity contribution in [1.82, 2.24) is 10.1 Å². The first-order valence-corrected chi connectivity index (χ1v) is 8.38. The smallest absolute Gasteiger partial charge is 0.270 e. The highest BCUT2D eigenvalue weighted by molar-refractivity contribution is 5.92. The van der Waals surface area contributed by atoms with E-state index >= 15 is 0 Å². The number of rotatable bonds is 5. The fourth-order valence-corrected chi connectivity index (χ4v) is 2.45. The number of aryl methyl sites for hydroxylation is 3. The highest BCUT2D eigenvalue weighted by Gasteiger charge is 2.18. The molecule has 2 aromatic carbocycles. The van der Waals surface area contributed by atoms with Crippen LogP contribution < -0.4 is 10.1 Å². The van der Waals surface area contributed by atoms with Crippen LogP contribution in [0.1, 0.15) is 23.6 Å². The van der Waals surface area contributed by atoms with Crippen molar-refractivity contribution in [2.75, 3.05) is 5.32 Å². The molecule has 1 heterocycles. The van der Waals surface area contributed by atoms with Gasteiger partial charge in [0.25, 0.3) is 17.7 Å². The number of hydrogen-bond acceptors (Lipinski definition) is 5. The number of amides is 1. The molecule has 134 valence electrons. The van der Waals surface area contributed by atoms with Gasteiger partial charge in [0, 0.05) is 5.56 Å². The molecule has 0 unspecified atom stereocenters. The summed E-state index contributed by atoms with van der Waals surface area (Å²) in [6, 6.07) is 13.4. The molecule has 1 amide bonds. The van der Waals surface area contributed by atoms with Crippen LogP contribution in [0.25, 0.3) is 11.5 Å². The van der Waals surface area contributed by atoms with Gasteiger partial charge in [-0.1, -0.05) is 24.3 Å². The molecule has 1 atom stereocenters. The second-order valence-electron chi connectivity index (χ2n) is 6.23. The lowest BCUT2D eigenvalue weighted by molar-refractivity contribution is -0.122. The van der Waals surface area contributed by atoms with E-state index in [0.29, 0.717) is 11.6 Å². The molecule has 6 heteroatoms. The maximum Gasteiger partial charge on any atom is 0.270 e. The van der Waals surface area contributed by atoms with Crippen molar-refractivity contribution in [2.24, 2.45) is 0 Å². The van der Waals surface area contributed by atoms with Gasteiger partial charge in [-0.25, -0.2) is 0 Å². The van der Waals surface area contributed by atoms with Crippen molar-refractivity contribution >= 4 is 11.9 Å². The van der Waals surface area contributed by atoms with E-state index in [4.69, 9.17) is 9.26 Å². The minimum Gasteiger partial charge on any atom is -0.481 e. The second-order valence-corrected chi connectivity index (χ2v) is 6.23. The van der Waals surface area contributed by atoms with Crippen molar-refractivity contribution in [3.8, 4) is 17.2 Å². The zero-order valence-corrected chi connectivity index (χ0v) is 15.2. The predicted molar refractivity (Wildman–Crippen MR) is 99.1 cm³/mol. The van der Waals surface area contributed by atoms with Crippen LogP contribution in [0.2, 0.25) is 0 Å². The first-order valence-electron chi connectivity index (χ1n) is 8.38. The number of anilines is 1. The summed E-state index contributed by atoms with van der Waals surface area (Å²) in [6.07, 6.45) is -0.697. The third kappa shape index (κ3) is 3.91. The molecule has 0 aliphatic carbocycles. The van der Waals surface area contributed by atoms with E-state index in [-0.39, 0.29) is 11.9 Å². The van der Waals surface area contributed by atoms with E-state index < -0.39 is 6.10 Å². The molecule has 3 aromatic rings. The van der Waals surface area contributed by atoms with Crippen molar-refractivity contribution in [3.63, 3.8) is 0 Å². The Balaban J connectivity index is 1.66. The molecule has 6 nitrogen and oxygen atoms in total. The molecule has 0 bridgehead atoms. The van der Waals surface area contributed by atoms with Gasteiger partial charge in [0.2, 0.25) is 0 Å². The Kier molecular flexibility index (Phi) is 5.02. The van der Waals surface area contributed by atoms with E-state index in [1.807, 2.05) is 63.2 Å². The molecule has 0 aliphatic rings. The topological polar surface area (TPSA) is 77.2 Å². The van der Waals surface area contributed by atoms with Crippen LogP contribution in [-0.2, 0) is 4.79 Å². The zero-order chi connectivity index (χ0) is 18.7. The molecule has 26 heavy (non-hydrogen) atoms. The zero-order valence-electron chi connectivity index (χ0n) is 15.2. The number of nitrogens with zero attached hydrogens (tertiary/aromatic N) is 2. The number of aromatic nitrogens is 2. The summed E-state index contributed by atoms with van der Waals surface area (Å²) in [6.45, 7) is 7.65. The fourth-order valence-electron chi connectivity index (χ4n) is 2.45. The number of carbonyl (C=O) groups excluding carboxylic acids is 1. The van der Waals surface area contributed by atoms with Gasteiger partial charge in [-0.2, -0.15) is 4.98 Å². The van der Waals surface area contributed by atoms with Crippen molar-refractivity contribution in [2.45, 2.75) is 33.8 Å². The standard InChI is InChI=1S/C20H21N3O3/c1-12-9-10-16(11-14(12)3)25-15(4)18(24)21-20-22-19(26-23-20)17-8-6-5-7-13(17)2/h5-11,15H,1-4H3,(H,21,23,24)/t15-/m1/s1. The van der Waals surface area contributed by atoms with E-state index in [2.05, 4.69) is 15.5 Å². The number of nitrogens with one attached hydrogen (secondary N) is 1. The van der Waals surface area contributed by atoms with Crippen LogP contribution in [0.4, 0.5) is 5.95 Å². The first-order chi connectivity index (χ1) is 12.4. The Hall–Kier alpha value is -3.15. The van der Waals surface area contributed by atoms with Crippen molar-refractivity contribution in [3.05, 3.63) is 59.2 Å². The molecule has 0 saturated heterocycles. The maximum absolute atomic E-state index is 12.3. The van der Waals surface area contributed by atoms with E-state index in [9.17, 15) is 4.79 Å². The van der Waals surface area contributed by atoms with Gasteiger partial charge in [-0.15, -0.1) is 0 Å². The summed E-state index contributed by atoms with van der Waals surface area (Å²) in [7, 11) is 0. The lowest BCUT2D eigenvalue weighted by Crippen LogP contribution is -2.30. The number of carbonyl (C=O) groups is 1. The third-order valence-electron chi connectivity index (χ3n) is 4.20. The molecule has 0 aliphatic heterocycles. The Morgan fingerprint density at radius 3 is 2.58 bits per heavy atom. The largest absolute Gasteiger partial charge is 0.481 e. The van der Waals surface area contributed by atoms with E-state index in [1.54, 1.807) is 6.92 Å². The fraction of sp³-hybridized carbons (Fsp3) is 0.250. The monoisotopic (exact) mass is 351 g/mol. The van der Waals surface area contributed by atoms with Crippen LogP contribution in [-0.4, -0.2) is 22.2 Å². The molecule has 0 fully saturated rings. The molecular formula is C20H21N3O3. The van der Waals surface area contributed by atoms with Gasteiger partial charge in [-0.3, -0.25) is 10.1 Å². The highest BCUT2D eigenvalue weighted by atomic mass is 16.5. The Bertz CT molecular complexity index is 934. The van der Waals surface area contributed by atoms with Gasteiger partial charge < -0.3 is 9.26 Å². The van der Waals surface area contributed by atoms with Crippen LogP contribution in [0.5, 0.6) is 5.75 Å². The molecule has 0 saturated carbocycles. The van der Waals surface area contributed by atoms with Crippen LogP contribution in [0, 0.1) is 20.8 Å². The van der Waals surface area contributed by atoms with Gasteiger partial charge in [-0.05, 0) is 67.7 Å². The SMILES string of the molecule is Cc1ccc(O[C@H](C)C(=O)Nc2noc(-c3ccccc3C)n2)cc1C. The van der Waals surface area contributed by atoms with Gasteiger partial charge in [0.1, 0.15) is 5.75 Å². The predicted octanol–water partition coefficient (Wildman–Crippen LogP) is 4.07. The minimum atomic E-state index is -0.697. The first kappa shape index (κ1) is 17.7. The third-order valence-corrected chi connectivity index (χ3v) is 4.20. The number of hydrogen-bond donors (Lipinski definition) is 1. The second kappa shape index (κ2) is 7.39. The van der Waals surface area contributed by atoms with Crippen molar-refractivity contribution < 1.29 is 14.1 Å². The highest BCUT2D eigenvalue weighted by Crippen LogP contribution is 2.22. The lowest BCUT2D eigenvalue weighted by Gasteiger charge is -2.14. The van der Waals surface area contributed by atoms with Gasteiger partial charge >= 0.3 is 0 Å². The molecule has 0 spiro atoms. The van der Waals surface area contributed by atoms with Gasteiger partial charge in [0.15, 0.2) is 6.10 Å². The van der Waals surface area contributed by atoms with E-state index in [1.165, 1.54) is 5.56 Å². The maximum atomic E-state index is 12.3. The Morgan fingerprint density at radius 2 is 1.85 bits per heavy atom. The molecule has 0 radical (unpaired) electrons. The van der Waals surface area contributed by atoms with Crippen LogP contribution in [0.3, 0.4) is 0 Å². The minimum absolute atomic E-state index is 0.115.